The highest BCUT2D eigenvalue weighted by atomic mass is 35.5. The molecule has 146 valence electrons. The summed E-state index contributed by atoms with van der Waals surface area (Å²) >= 11 is 6.02. The van der Waals surface area contributed by atoms with Gasteiger partial charge in [-0.1, -0.05) is 29.8 Å². The zero-order valence-electron chi connectivity index (χ0n) is 15.8. The zero-order valence-corrected chi connectivity index (χ0v) is 17.4. The number of halogens is 1. The fraction of sp³-hybridized carbons (Fsp3) is 0.316. The first-order chi connectivity index (χ1) is 12.6. The molecule has 0 bridgehead atoms. The Bertz CT molecular complexity index is 916. The molecule has 2 rings (SSSR count). The second-order valence-electron chi connectivity index (χ2n) is 6.63. The minimum atomic E-state index is -3.55. The van der Waals surface area contributed by atoms with Gasteiger partial charge in [0.15, 0.2) is 6.04 Å². The van der Waals surface area contributed by atoms with E-state index in [1.807, 2.05) is 36.5 Å². The number of nitrogens with one attached hydrogen (secondary N) is 1. The Morgan fingerprint density at radius 3 is 2.41 bits per heavy atom. The van der Waals surface area contributed by atoms with Crippen molar-refractivity contribution in [3.05, 3.63) is 59.1 Å². The molecule has 0 saturated carbocycles. The van der Waals surface area contributed by atoms with Gasteiger partial charge in [-0.2, -0.15) is 0 Å². The summed E-state index contributed by atoms with van der Waals surface area (Å²) in [5.74, 6) is -0.205. The Labute approximate surface area is 165 Å². The van der Waals surface area contributed by atoms with Crippen molar-refractivity contribution < 1.29 is 18.5 Å². The van der Waals surface area contributed by atoms with Crippen LogP contribution >= 0.6 is 11.6 Å². The maximum Gasteiger partial charge on any atom is 0.282 e. The van der Waals surface area contributed by atoms with E-state index in [1.165, 1.54) is 26.2 Å². The van der Waals surface area contributed by atoms with Crippen LogP contribution in [-0.4, -0.2) is 38.8 Å². The van der Waals surface area contributed by atoms with Gasteiger partial charge in [0.25, 0.3) is 5.91 Å². The molecule has 0 aliphatic heterocycles. The summed E-state index contributed by atoms with van der Waals surface area (Å²) < 4.78 is 25.6. The molecule has 0 heterocycles. The lowest BCUT2D eigenvalue weighted by Crippen LogP contribution is -2.91. The van der Waals surface area contributed by atoms with Gasteiger partial charge in [0.05, 0.1) is 4.90 Å². The first kappa shape index (κ1) is 21.4. The maximum absolute atomic E-state index is 12.5. The summed E-state index contributed by atoms with van der Waals surface area (Å²) in [6, 6.07) is 13.4. The average Bonchev–Trinajstić information content (AvgIpc) is 2.61. The molecule has 8 heteroatoms. The Kier molecular flexibility index (Phi) is 7.00. The second-order valence-corrected chi connectivity index (χ2v) is 9.22. The molecule has 0 saturated heterocycles. The monoisotopic (exact) mass is 410 g/mol. The molecule has 2 aromatic rings. The molecule has 2 atom stereocenters. The van der Waals surface area contributed by atoms with E-state index in [1.54, 1.807) is 19.1 Å². The van der Waals surface area contributed by atoms with Crippen LogP contribution in [0.15, 0.2) is 53.4 Å². The SMILES string of the molecule is C[C@H]([NH2+][C@H](C)C(=O)Nc1cccc(S(=O)(=O)N(C)C)c1)c1cccc(Cl)c1. The van der Waals surface area contributed by atoms with E-state index in [0.29, 0.717) is 10.7 Å². The second kappa shape index (κ2) is 8.84. The standard InChI is InChI=1S/C19H24ClN3O3S/c1-13(15-7-5-8-16(20)11-15)21-14(2)19(24)22-17-9-6-10-18(12-17)27(25,26)23(3)4/h5-14,21H,1-4H3,(H,22,24)/p+1/t13-,14+/m0/s1. The fourth-order valence-electron chi connectivity index (χ4n) is 2.62. The lowest BCUT2D eigenvalue weighted by molar-refractivity contribution is -0.709. The highest BCUT2D eigenvalue weighted by Crippen LogP contribution is 2.18. The van der Waals surface area contributed by atoms with Gasteiger partial charge in [0.2, 0.25) is 10.0 Å². The third-order valence-corrected chi connectivity index (χ3v) is 6.29. The molecule has 27 heavy (non-hydrogen) atoms. The molecule has 6 nitrogen and oxygen atoms in total. The lowest BCUT2D eigenvalue weighted by Gasteiger charge is -2.17. The van der Waals surface area contributed by atoms with E-state index in [-0.39, 0.29) is 22.9 Å². The number of benzene rings is 2. The van der Waals surface area contributed by atoms with Gasteiger partial charge in [0, 0.05) is 30.4 Å². The van der Waals surface area contributed by atoms with Gasteiger partial charge in [-0.05, 0) is 44.2 Å². The topological polar surface area (TPSA) is 83.1 Å². The number of carbonyl (C=O) groups excluding carboxylic acids is 1. The van der Waals surface area contributed by atoms with Crippen LogP contribution in [0.1, 0.15) is 25.5 Å². The number of nitrogens with zero attached hydrogens (tertiary/aromatic N) is 1. The van der Waals surface area contributed by atoms with E-state index in [9.17, 15) is 13.2 Å². The summed E-state index contributed by atoms with van der Waals surface area (Å²) in [7, 11) is -0.619. The Morgan fingerprint density at radius 2 is 1.78 bits per heavy atom. The summed E-state index contributed by atoms with van der Waals surface area (Å²) in [4.78, 5) is 12.6. The largest absolute Gasteiger partial charge is 0.330 e. The lowest BCUT2D eigenvalue weighted by atomic mass is 10.1. The number of amides is 1. The summed E-state index contributed by atoms with van der Waals surface area (Å²) in [5, 5.41) is 5.37. The van der Waals surface area contributed by atoms with Gasteiger partial charge in [-0.25, -0.2) is 12.7 Å². The van der Waals surface area contributed by atoms with Gasteiger partial charge in [-0.15, -0.1) is 0 Å². The van der Waals surface area contributed by atoms with Gasteiger partial charge >= 0.3 is 0 Å². The minimum Gasteiger partial charge on any atom is -0.330 e. The first-order valence-corrected chi connectivity index (χ1v) is 10.4. The highest BCUT2D eigenvalue weighted by molar-refractivity contribution is 7.89. The zero-order chi connectivity index (χ0) is 20.2. The number of nitrogens with two attached hydrogens (primary N) is 1. The molecular weight excluding hydrogens is 386 g/mol. The van der Waals surface area contributed by atoms with Gasteiger partial charge in [-0.3, -0.25) is 4.79 Å². The average molecular weight is 411 g/mol. The fourth-order valence-corrected chi connectivity index (χ4v) is 3.77. The van der Waals surface area contributed by atoms with Crippen LogP contribution in [0.3, 0.4) is 0 Å². The molecular formula is C19H25ClN3O3S+. The number of carbonyl (C=O) groups is 1. The normalized spacial score (nSPS) is 14.0. The van der Waals surface area contributed by atoms with Crippen molar-refractivity contribution in [3.63, 3.8) is 0 Å². The molecule has 0 unspecified atom stereocenters. The highest BCUT2D eigenvalue weighted by Gasteiger charge is 2.22. The van der Waals surface area contributed by atoms with Crippen LogP contribution in [0, 0.1) is 0 Å². The van der Waals surface area contributed by atoms with Crippen molar-refractivity contribution in [1.29, 1.82) is 0 Å². The smallest absolute Gasteiger partial charge is 0.282 e. The number of rotatable bonds is 7. The first-order valence-electron chi connectivity index (χ1n) is 8.55. The molecule has 1 amide bonds. The number of hydrogen-bond acceptors (Lipinski definition) is 3. The van der Waals surface area contributed by atoms with Crippen LogP contribution in [0.5, 0.6) is 0 Å². The summed E-state index contributed by atoms with van der Waals surface area (Å²) in [5.41, 5.74) is 1.47. The third-order valence-electron chi connectivity index (χ3n) is 4.25. The van der Waals surface area contributed by atoms with Crippen LogP contribution in [0.25, 0.3) is 0 Å². The van der Waals surface area contributed by atoms with E-state index >= 15 is 0 Å². The van der Waals surface area contributed by atoms with E-state index < -0.39 is 10.0 Å². The van der Waals surface area contributed by atoms with E-state index in [2.05, 4.69) is 5.32 Å². The Morgan fingerprint density at radius 1 is 1.11 bits per heavy atom. The van der Waals surface area contributed by atoms with Crippen molar-refractivity contribution in [2.24, 2.45) is 0 Å². The van der Waals surface area contributed by atoms with Crippen molar-refractivity contribution >= 4 is 33.2 Å². The number of hydrogen-bond donors (Lipinski definition) is 2. The predicted molar refractivity (Wildman–Crippen MR) is 107 cm³/mol. The quantitative estimate of drug-likeness (QED) is 0.734. The molecule has 0 fully saturated rings. The minimum absolute atomic E-state index is 0.0462. The maximum atomic E-state index is 12.5. The molecule has 3 N–H and O–H groups in total. The van der Waals surface area contributed by atoms with Crippen LogP contribution in [-0.2, 0) is 14.8 Å². The van der Waals surface area contributed by atoms with Crippen molar-refractivity contribution in [2.45, 2.75) is 30.8 Å². The number of quaternary nitrogens is 1. The molecule has 0 aliphatic rings. The van der Waals surface area contributed by atoms with E-state index in [0.717, 1.165) is 9.87 Å². The molecule has 0 radical (unpaired) electrons. The number of anilines is 1. The molecule has 0 aromatic heterocycles. The molecule has 0 spiro atoms. The van der Waals surface area contributed by atoms with Crippen molar-refractivity contribution in [3.8, 4) is 0 Å². The third kappa shape index (κ3) is 5.52. The Hall–Kier alpha value is -1.93. The van der Waals surface area contributed by atoms with Gasteiger partial charge < -0.3 is 10.6 Å². The summed E-state index contributed by atoms with van der Waals surface area (Å²) in [6.07, 6.45) is 0. The summed E-state index contributed by atoms with van der Waals surface area (Å²) in [6.45, 7) is 3.80. The van der Waals surface area contributed by atoms with Crippen LogP contribution in [0.4, 0.5) is 5.69 Å². The Balaban J connectivity index is 2.06. The van der Waals surface area contributed by atoms with Gasteiger partial charge in [0.1, 0.15) is 6.04 Å². The molecule has 2 aromatic carbocycles. The predicted octanol–water partition coefficient (Wildman–Crippen LogP) is 2.24. The number of sulfonamides is 1. The van der Waals surface area contributed by atoms with Crippen molar-refractivity contribution in [1.82, 2.24) is 4.31 Å². The van der Waals surface area contributed by atoms with E-state index in [4.69, 9.17) is 11.6 Å². The van der Waals surface area contributed by atoms with Crippen LogP contribution < -0.4 is 10.6 Å². The molecule has 0 aliphatic carbocycles. The van der Waals surface area contributed by atoms with Crippen LogP contribution in [0.2, 0.25) is 5.02 Å². The van der Waals surface area contributed by atoms with Crippen molar-refractivity contribution in [2.75, 3.05) is 19.4 Å².